The molecule has 1 unspecified atom stereocenters. The zero-order valence-corrected chi connectivity index (χ0v) is 25.9. The van der Waals surface area contributed by atoms with E-state index in [-0.39, 0.29) is 5.41 Å². The van der Waals surface area contributed by atoms with Gasteiger partial charge in [0.15, 0.2) is 0 Å². The highest BCUT2D eigenvalue weighted by molar-refractivity contribution is 5.85. The van der Waals surface area contributed by atoms with Crippen LogP contribution in [0.3, 0.4) is 0 Å². The van der Waals surface area contributed by atoms with Crippen LogP contribution in [0.2, 0.25) is 0 Å². The van der Waals surface area contributed by atoms with Crippen LogP contribution >= 0.6 is 0 Å². The third kappa shape index (κ3) is 6.64. The summed E-state index contributed by atoms with van der Waals surface area (Å²) in [7, 11) is 0. The number of imidazole rings is 1. The summed E-state index contributed by atoms with van der Waals surface area (Å²) >= 11 is 0. The summed E-state index contributed by atoms with van der Waals surface area (Å²) in [4.78, 5) is 28.3. The summed E-state index contributed by atoms with van der Waals surface area (Å²) in [6.45, 7) is 5.18. The molecule has 230 valence electrons. The molecule has 5 aromatic rings. The summed E-state index contributed by atoms with van der Waals surface area (Å²) < 4.78 is 2.25. The Balaban J connectivity index is 1.000. The molecule has 2 aromatic heterocycles. The first-order chi connectivity index (χ1) is 22.1. The Morgan fingerprint density at radius 2 is 1.49 bits per heavy atom. The molecule has 0 bridgehead atoms. The SMILES string of the molecule is O=C1N(Cc2ccccc2)CCC1(CCN1CCC(Nc2nc3ccccc3n2Cc2ccccn2)CC1)Cc1ccccc1. The second-order valence-corrected chi connectivity index (χ2v) is 12.7. The number of nitrogens with one attached hydrogen (secondary N) is 1. The Kier molecular flexibility index (Phi) is 8.61. The van der Waals surface area contributed by atoms with Crippen LogP contribution in [0.25, 0.3) is 11.0 Å². The van der Waals surface area contributed by atoms with Gasteiger partial charge in [-0.3, -0.25) is 9.78 Å². The number of hydrogen-bond acceptors (Lipinski definition) is 5. The fourth-order valence-corrected chi connectivity index (χ4v) is 7.17. The number of carbonyl (C=O) groups excluding carboxylic acids is 1. The average Bonchev–Trinajstić information content (AvgIpc) is 3.58. The van der Waals surface area contributed by atoms with E-state index in [2.05, 4.69) is 104 Å². The maximum absolute atomic E-state index is 14.1. The third-order valence-corrected chi connectivity index (χ3v) is 9.73. The van der Waals surface area contributed by atoms with Gasteiger partial charge in [0.2, 0.25) is 11.9 Å². The molecule has 0 saturated carbocycles. The molecule has 3 aromatic carbocycles. The van der Waals surface area contributed by atoms with Crippen molar-refractivity contribution in [2.75, 3.05) is 31.5 Å². The van der Waals surface area contributed by atoms with E-state index in [9.17, 15) is 4.79 Å². The quantitative estimate of drug-likeness (QED) is 0.190. The first kappa shape index (κ1) is 29.2. The van der Waals surface area contributed by atoms with Gasteiger partial charge in [-0.25, -0.2) is 4.98 Å². The number of anilines is 1. The lowest BCUT2D eigenvalue weighted by Gasteiger charge is -2.35. The number of para-hydroxylation sites is 2. The number of rotatable bonds is 11. The minimum Gasteiger partial charge on any atom is -0.353 e. The number of hydrogen-bond donors (Lipinski definition) is 1. The van der Waals surface area contributed by atoms with E-state index < -0.39 is 0 Å². The summed E-state index contributed by atoms with van der Waals surface area (Å²) in [5.74, 6) is 1.23. The smallest absolute Gasteiger partial charge is 0.229 e. The van der Waals surface area contributed by atoms with Crippen LogP contribution in [0.4, 0.5) is 5.95 Å². The lowest BCUT2D eigenvalue weighted by atomic mass is 9.77. The molecule has 4 heterocycles. The van der Waals surface area contributed by atoms with Crippen LogP contribution in [0.1, 0.15) is 42.5 Å². The Bertz CT molecular complexity index is 1700. The summed E-state index contributed by atoms with van der Waals surface area (Å²) in [6, 6.07) is 35.7. The normalized spacial score (nSPS) is 19.4. The van der Waals surface area contributed by atoms with Crippen LogP contribution in [-0.4, -0.2) is 62.5 Å². The van der Waals surface area contributed by atoms with E-state index in [4.69, 9.17) is 4.98 Å². The highest BCUT2D eigenvalue weighted by atomic mass is 16.2. The van der Waals surface area contributed by atoms with Crippen molar-refractivity contribution in [1.29, 1.82) is 0 Å². The second-order valence-electron chi connectivity index (χ2n) is 12.7. The number of amides is 1. The highest BCUT2D eigenvalue weighted by Gasteiger charge is 2.46. The molecule has 1 atom stereocenters. The van der Waals surface area contributed by atoms with Crippen molar-refractivity contribution in [3.05, 3.63) is 126 Å². The van der Waals surface area contributed by atoms with Gasteiger partial charge < -0.3 is 19.7 Å². The summed E-state index contributed by atoms with van der Waals surface area (Å²) in [5, 5.41) is 3.79. The molecule has 7 rings (SSSR count). The molecule has 1 N–H and O–H groups in total. The predicted octanol–water partition coefficient (Wildman–Crippen LogP) is 6.41. The molecular weight excluding hydrogens is 556 g/mol. The summed E-state index contributed by atoms with van der Waals surface area (Å²) in [5.41, 5.74) is 5.25. The maximum atomic E-state index is 14.1. The lowest BCUT2D eigenvalue weighted by Crippen LogP contribution is -2.43. The number of aromatic nitrogens is 3. The average molecular weight is 599 g/mol. The van der Waals surface area contributed by atoms with Crippen molar-refractivity contribution in [2.45, 2.75) is 51.2 Å². The number of fused-ring (bicyclic) bond motifs is 1. The number of pyridine rings is 1. The van der Waals surface area contributed by atoms with E-state index in [1.54, 1.807) is 0 Å². The van der Waals surface area contributed by atoms with E-state index in [0.29, 0.717) is 25.0 Å². The number of nitrogens with zero attached hydrogens (tertiary/aromatic N) is 5. The first-order valence-corrected chi connectivity index (χ1v) is 16.4. The van der Waals surface area contributed by atoms with Crippen molar-refractivity contribution in [3.63, 3.8) is 0 Å². The van der Waals surface area contributed by atoms with Gasteiger partial charge in [-0.05, 0) is 74.0 Å². The fraction of sp³-hybridized carbons (Fsp3) is 0.342. The van der Waals surface area contributed by atoms with Crippen LogP contribution in [0.5, 0.6) is 0 Å². The van der Waals surface area contributed by atoms with Crippen molar-refractivity contribution < 1.29 is 4.79 Å². The van der Waals surface area contributed by atoms with Crippen molar-refractivity contribution >= 4 is 22.9 Å². The molecule has 2 aliphatic heterocycles. The van der Waals surface area contributed by atoms with Crippen LogP contribution in [-0.2, 0) is 24.3 Å². The standard InChI is InChI=1S/C38H42N6O/c45-36-38(27-30-11-3-1-4-12-30,21-26-43(36)28-31-13-5-2-6-14-31)20-25-42-23-18-32(19-24-42)40-37-41-34-16-7-8-17-35(34)44(37)29-33-15-9-10-22-39-33/h1-17,22,32H,18-21,23-29H2,(H,40,41). The molecule has 0 aliphatic carbocycles. The monoisotopic (exact) mass is 598 g/mol. The van der Waals surface area contributed by atoms with Gasteiger partial charge >= 0.3 is 0 Å². The first-order valence-electron chi connectivity index (χ1n) is 16.4. The molecule has 45 heavy (non-hydrogen) atoms. The second kappa shape index (κ2) is 13.2. The van der Waals surface area contributed by atoms with Gasteiger partial charge in [-0.1, -0.05) is 78.9 Å². The molecule has 7 heteroatoms. The minimum absolute atomic E-state index is 0.318. The minimum atomic E-state index is -0.346. The Morgan fingerprint density at radius 3 is 2.24 bits per heavy atom. The largest absolute Gasteiger partial charge is 0.353 e. The predicted molar refractivity (Wildman–Crippen MR) is 180 cm³/mol. The zero-order chi connectivity index (χ0) is 30.5. The Morgan fingerprint density at radius 1 is 0.778 bits per heavy atom. The highest BCUT2D eigenvalue weighted by Crippen LogP contribution is 2.40. The van der Waals surface area contributed by atoms with E-state index in [1.807, 2.05) is 30.5 Å². The lowest BCUT2D eigenvalue weighted by molar-refractivity contribution is -0.137. The van der Waals surface area contributed by atoms with Gasteiger partial charge in [-0.15, -0.1) is 0 Å². The zero-order valence-electron chi connectivity index (χ0n) is 25.9. The van der Waals surface area contributed by atoms with Gasteiger partial charge in [0.25, 0.3) is 0 Å². The molecule has 0 radical (unpaired) electrons. The van der Waals surface area contributed by atoms with Crippen LogP contribution in [0, 0.1) is 5.41 Å². The molecule has 7 nitrogen and oxygen atoms in total. The Labute approximate surface area is 265 Å². The van der Waals surface area contributed by atoms with Crippen molar-refractivity contribution in [1.82, 2.24) is 24.3 Å². The van der Waals surface area contributed by atoms with E-state index in [1.165, 1.54) is 11.1 Å². The van der Waals surface area contributed by atoms with Gasteiger partial charge in [0, 0.05) is 38.4 Å². The van der Waals surface area contributed by atoms with Gasteiger partial charge in [0.05, 0.1) is 28.7 Å². The number of piperidine rings is 1. The Hall–Kier alpha value is -4.49. The van der Waals surface area contributed by atoms with Gasteiger partial charge in [0.1, 0.15) is 0 Å². The topological polar surface area (TPSA) is 66.3 Å². The number of carbonyl (C=O) groups is 1. The van der Waals surface area contributed by atoms with Crippen LogP contribution in [0.15, 0.2) is 109 Å². The molecule has 2 aliphatic rings. The van der Waals surface area contributed by atoms with Gasteiger partial charge in [-0.2, -0.15) is 0 Å². The van der Waals surface area contributed by atoms with Crippen LogP contribution < -0.4 is 5.32 Å². The summed E-state index contributed by atoms with van der Waals surface area (Å²) in [6.07, 6.45) is 6.56. The molecule has 2 saturated heterocycles. The molecule has 0 spiro atoms. The van der Waals surface area contributed by atoms with E-state index >= 15 is 0 Å². The third-order valence-electron chi connectivity index (χ3n) is 9.73. The van der Waals surface area contributed by atoms with E-state index in [0.717, 1.165) is 81.0 Å². The molecular formula is C38H42N6O. The van der Waals surface area contributed by atoms with Crippen molar-refractivity contribution in [2.24, 2.45) is 5.41 Å². The number of benzene rings is 3. The fourth-order valence-electron chi connectivity index (χ4n) is 7.17. The number of likely N-dealkylation sites (tertiary alicyclic amines) is 2. The molecule has 2 fully saturated rings. The van der Waals surface area contributed by atoms with Crippen molar-refractivity contribution in [3.8, 4) is 0 Å². The maximum Gasteiger partial charge on any atom is 0.229 e. The molecule has 1 amide bonds.